The van der Waals surface area contributed by atoms with E-state index in [9.17, 15) is 9.59 Å². The van der Waals surface area contributed by atoms with Gasteiger partial charge >= 0.3 is 11.9 Å². The molecule has 168 valence electrons. The Kier molecular flexibility index (Phi) is 7.83. The molecular formula is C25H20ClNO6. The summed E-state index contributed by atoms with van der Waals surface area (Å²) in [6, 6.07) is 19.7. The van der Waals surface area contributed by atoms with Gasteiger partial charge in [0.2, 0.25) is 5.76 Å². The normalized spacial score (nSPS) is 11.6. The average Bonchev–Trinajstić information content (AvgIpc) is 2.83. The van der Waals surface area contributed by atoms with Gasteiger partial charge in [0.05, 0.1) is 30.5 Å². The lowest BCUT2D eigenvalue weighted by molar-refractivity contribution is -0.133. The number of carbonyl (C=O) groups is 2. The molecule has 0 bridgehead atoms. The van der Waals surface area contributed by atoms with Gasteiger partial charge in [-0.2, -0.15) is 0 Å². The van der Waals surface area contributed by atoms with E-state index in [0.29, 0.717) is 22.6 Å². The summed E-state index contributed by atoms with van der Waals surface area (Å²) in [5, 5.41) is 9.06. The van der Waals surface area contributed by atoms with Crippen LogP contribution in [0.3, 0.4) is 0 Å². The van der Waals surface area contributed by atoms with Crippen LogP contribution in [0.4, 0.5) is 5.69 Å². The van der Waals surface area contributed by atoms with E-state index < -0.39 is 11.9 Å². The van der Waals surface area contributed by atoms with Crippen molar-refractivity contribution >= 4 is 40.5 Å². The molecule has 3 rings (SSSR count). The van der Waals surface area contributed by atoms with Crippen molar-refractivity contribution in [2.24, 2.45) is 4.99 Å². The largest absolute Gasteiger partial charge is 0.497 e. The van der Waals surface area contributed by atoms with E-state index in [1.807, 2.05) is 0 Å². The van der Waals surface area contributed by atoms with Crippen molar-refractivity contribution in [1.82, 2.24) is 0 Å². The summed E-state index contributed by atoms with van der Waals surface area (Å²) >= 11 is 6.36. The van der Waals surface area contributed by atoms with Gasteiger partial charge in [-0.25, -0.2) is 9.59 Å². The number of methoxy groups -OCH3 is 2. The van der Waals surface area contributed by atoms with Crippen LogP contribution >= 0.6 is 11.6 Å². The maximum absolute atomic E-state index is 12.7. The fourth-order valence-electron chi connectivity index (χ4n) is 2.78. The molecular weight excluding hydrogens is 446 g/mol. The summed E-state index contributed by atoms with van der Waals surface area (Å²) in [4.78, 5) is 27.9. The molecule has 0 spiro atoms. The number of nitrogens with zero attached hydrogens (tertiary/aromatic N) is 1. The number of carbonyl (C=O) groups excluding carboxylic acids is 1. The second kappa shape index (κ2) is 11.0. The van der Waals surface area contributed by atoms with Crippen LogP contribution < -0.4 is 9.47 Å². The number of hydrogen-bond acceptors (Lipinski definition) is 6. The highest BCUT2D eigenvalue weighted by atomic mass is 35.5. The van der Waals surface area contributed by atoms with Crippen molar-refractivity contribution < 1.29 is 28.9 Å². The van der Waals surface area contributed by atoms with Crippen molar-refractivity contribution in [3.05, 3.63) is 95.2 Å². The van der Waals surface area contributed by atoms with Crippen molar-refractivity contribution in [3.63, 3.8) is 0 Å². The van der Waals surface area contributed by atoms with Gasteiger partial charge in [-0.15, -0.1) is 0 Å². The molecule has 3 aromatic rings. The third kappa shape index (κ3) is 6.21. The summed E-state index contributed by atoms with van der Waals surface area (Å²) in [5.74, 6) is -0.965. The van der Waals surface area contributed by atoms with E-state index >= 15 is 0 Å². The van der Waals surface area contributed by atoms with Crippen LogP contribution in [0.15, 0.2) is 83.5 Å². The molecule has 7 nitrogen and oxygen atoms in total. The van der Waals surface area contributed by atoms with Crippen molar-refractivity contribution in [1.29, 1.82) is 0 Å². The molecule has 0 atom stereocenters. The van der Waals surface area contributed by atoms with Gasteiger partial charge in [0.25, 0.3) is 0 Å². The zero-order chi connectivity index (χ0) is 23.8. The molecule has 8 heteroatoms. The van der Waals surface area contributed by atoms with Gasteiger partial charge in [-0.05, 0) is 71.8 Å². The van der Waals surface area contributed by atoms with E-state index in [4.69, 9.17) is 30.9 Å². The van der Waals surface area contributed by atoms with Crippen LogP contribution in [0.25, 0.3) is 5.03 Å². The maximum Gasteiger partial charge on any atom is 0.380 e. The Labute approximate surface area is 195 Å². The standard InChI is InChI=1S/C25H20ClNO6/c1-31-20-12-8-17(9-13-20)22(26)23(32-2)25(30)33-21-5-3-4-16(14-21)15-27-19-10-6-18(7-11-19)24(28)29/h3-15H,1-2H3,(H,28,29)/b23-22+,27-15?. The van der Waals surface area contributed by atoms with Gasteiger partial charge in [0, 0.05) is 6.21 Å². The predicted octanol–water partition coefficient (Wildman–Crippen LogP) is 5.30. The van der Waals surface area contributed by atoms with Gasteiger partial charge in [0.15, 0.2) is 0 Å². The van der Waals surface area contributed by atoms with E-state index in [0.717, 1.165) is 0 Å². The lowest BCUT2D eigenvalue weighted by Gasteiger charge is -2.10. The van der Waals surface area contributed by atoms with Crippen LogP contribution in [0.5, 0.6) is 11.5 Å². The van der Waals surface area contributed by atoms with Crippen LogP contribution in [0, 0.1) is 0 Å². The Morgan fingerprint density at radius 1 is 0.909 bits per heavy atom. The number of hydrogen-bond donors (Lipinski definition) is 1. The highest BCUT2D eigenvalue weighted by molar-refractivity contribution is 6.50. The van der Waals surface area contributed by atoms with E-state index in [-0.39, 0.29) is 22.1 Å². The third-order valence-electron chi connectivity index (χ3n) is 4.48. The van der Waals surface area contributed by atoms with E-state index in [1.54, 1.807) is 74.0 Å². The number of rotatable bonds is 8. The summed E-state index contributed by atoms with van der Waals surface area (Å²) in [7, 11) is 2.89. The third-order valence-corrected chi connectivity index (χ3v) is 4.87. The summed E-state index contributed by atoms with van der Waals surface area (Å²) in [5.41, 5.74) is 2.00. The fraction of sp³-hybridized carbons (Fsp3) is 0.0800. The molecule has 0 aliphatic rings. The van der Waals surface area contributed by atoms with E-state index in [1.165, 1.54) is 19.2 Å². The maximum atomic E-state index is 12.7. The van der Waals surface area contributed by atoms with Crippen LogP contribution in [0.2, 0.25) is 0 Å². The smallest absolute Gasteiger partial charge is 0.380 e. The lowest BCUT2D eigenvalue weighted by atomic mass is 10.2. The predicted molar refractivity (Wildman–Crippen MR) is 126 cm³/mol. The van der Waals surface area contributed by atoms with Crippen molar-refractivity contribution in [2.45, 2.75) is 0 Å². The second-order valence-electron chi connectivity index (χ2n) is 6.65. The zero-order valence-electron chi connectivity index (χ0n) is 17.8. The molecule has 0 saturated carbocycles. The van der Waals surface area contributed by atoms with Crippen molar-refractivity contribution in [3.8, 4) is 11.5 Å². The topological polar surface area (TPSA) is 94.4 Å². The fourth-order valence-corrected chi connectivity index (χ4v) is 3.06. The average molecular weight is 466 g/mol. The summed E-state index contributed by atoms with van der Waals surface area (Å²) in [6.07, 6.45) is 1.57. The quantitative estimate of drug-likeness (QED) is 0.159. The van der Waals surface area contributed by atoms with E-state index in [2.05, 4.69) is 4.99 Å². The second-order valence-corrected chi connectivity index (χ2v) is 7.03. The lowest BCUT2D eigenvalue weighted by Crippen LogP contribution is -2.14. The molecule has 0 unspecified atom stereocenters. The molecule has 0 aliphatic carbocycles. The minimum absolute atomic E-state index is 0.104. The molecule has 3 aromatic carbocycles. The molecule has 0 aliphatic heterocycles. The number of esters is 1. The summed E-state index contributed by atoms with van der Waals surface area (Å²) < 4.78 is 15.7. The summed E-state index contributed by atoms with van der Waals surface area (Å²) in [6.45, 7) is 0. The Hall–Kier alpha value is -4.10. The number of aromatic carboxylic acids is 1. The Morgan fingerprint density at radius 3 is 2.18 bits per heavy atom. The SMILES string of the molecule is CO/C(C(=O)Oc1cccc(C=Nc2ccc(C(=O)O)cc2)c1)=C(/Cl)c1ccc(OC)cc1. The van der Waals surface area contributed by atoms with Crippen molar-refractivity contribution in [2.75, 3.05) is 14.2 Å². The number of benzene rings is 3. The number of carboxylic acid groups (broad SMARTS) is 1. The first-order valence-corrected chi connectivity index (χ1v) is 10.1. The molecule has 33 heavy (non-hydrogen) atoms. The number of aliphatic imine (C=N–C) groups is 1. The number of carboxylic acids is 1. The van der Waals surface area contributed by atoms with Crippen LogP contribution in [-0.2, 0) is 9.53 Å². The molecule has 0 radical (unpaired) electrons. The Bertz CT molecular complexity index is 1200. The monoisotopic (exact) mass is 465 g/mol. The first kappa shape index (κ1) is 23.6. The number of ether oxygens (including phenoxy) is 3. The first-order valence-electron chi connectivity index (χ1n) is 9.69. The molecule has 1 N–H and O–H groups in total. The highest BCUT2D eigenvalue weighted by Crippen LogP contribution is 2.27. The van der Waals surface area contributed by atoms with Gasteiger partial charge in [-0.1, -0.05) is 23.7 Å². The molecule has 0 aromatic heterocycles. The van der Waals surface area contributed by atoms with Gasteiger partial charge in [0.1, 0.15) is 11.5 Å². The molecule has 0 heterocycles. The molecule has 0 amide bonds. The number of halogens is 1. The van der Waals surface area contributed by atoms with Crippen LogP contribution in [0.1, 0.15) is 21.5 Å². The highest BCUT2D eigenvalue weighted by Gasteiger charge is 2.19. The minimum atomic E-state index is -1.00. The Balaban J connectivity index is 1.75. The Morgan fingerprint density at radius 2 is 1.58 bits per heavy atom. The minimum Gasteiger partial charge on any atom is -0.497 e. The first-order chi connectivity index (χ1) is 15.9. The van der Waals surface area contributed by atoms with Gasteiger partial charge < -0.3 is 19.3 Å². The molecule has 0 fully saturated rings. The van der Waals surface area contributed by atoms with Crippen LogP contribution in [-0.4, -0.2) is 37.5 Å². The zero-order valence-corrected chi connectivity index (χ0v) is 18.6. The molecule has 0 saturated heterocycles. The van der Waals surface area contributed by atoms with Gasteiger partial charge in [-0.3, -0.25) is 4.99 Å².